The first-order chi connectivity index (χ1) is 10.5. The predicted molar refractivity (Wildman–Crippen MR) is 84.0 cm³/mol. The normalized spacial score (nSPS) is 27.3. The Morgan fingerprint density at radius 2 is 1.65 bits per heavy atom. The summed E-state index contributed by atoms with van der Waals surface area (Å²) < 4.78 is 57.3. The summed E-state index contributed by atoms with van der Waals surface area (Å²) in [5.74, 6) is 1.20. The lowest BCUT2D eigenvalue weighted by Gasteiger charge is -2.35. The molecular weight excluding hydrogens is 353 g/mol. The quantitative estimate of drug-likeness (QED) is 0.431. The van der Waals surface area contributed by atoms with Crippen molar-refractivity contribution in [1.82, 2.24) is 0 Å². The molecule has 0 aromatic carbocycles. The number of thiol groups is 1. The molecule has 0 radical (unpaired) electrons. The van der Waals surface area contributed by atoms with Gasteiger partial charge in [0.05, 0.1) is 4.75 Å². The number of hydrogen-bond acceptors (Lipinski definition) is 4. The van der Waals surface area contributed by atoms with Crippen LogP contribution < -0.4 is 0 Å². The summed E-state index contributed by atoms with van der Waals surface area (Å²) in [5.41, 5.74) is -5.53. The molecule has 1 atom stereocenters. The van der Waals surface area contributed by atoms with Gasteiger partial charge in [-0.05, 0) is 25.2 Å². The van der Waals surface area contributed by atoms with Gasteiger partial charge in [-0.2, -0.15) is 34.2 Å². The summed E-state index contributed by atoms with van der Waals surface area (Å²) in [6.07, 6.45) is 11.9. The monoisotopic (exact) mass is 376 g/mol. The average molecular weight is 376 g/mol. The Morgan fingerprint density at radius 3 is 2.09 bits per heavy atom. The predicted octanol–water partition coefficient (Wildman–Crippen LogP) is 4.16. The van der Waals surface area contributed by atoms with E-state index in [9.17, 15) is 18.0 Å². The van der Waals surface area contributed by atoms with Crippen LogP contribution in [-0.4, -0.2) is 29.0 Å². The van der Waals surface area contributed by atoms with Crippen LogP contribution in [-0.2, 0) is 14.9 Å². The van der Waals surface area contributed by atoms with Crippen molar-refractivity contribution < 1.29 is 30.9 Å². The highest BCUT2D eigenvalue weighted by Gasteiger charge is 2.44. The van der Waals surface area contributed by atoms with Crippen LogP contribution in [0.2, 0.25) is 0 Å². The van der Waals surface area contributed by atoms with Gasteiger partial charge in [-0.15, -0.1) is 0 Å². The Hall–Kier alpha value is -0.280. The summed E-state index contributed by atoms with van der Waals surface area (Å²) in [4.78, 5) is 11.9. The molecule has 1 unspecified atom stereocenters. The highest BCUT2D eigenvalue weighted by molar-refractivity contribution is 7.86. The van der Waals surface area contributed by atoms with Crippen molar-refractivity contribution in [2.24, 2.45) is 5.92 Å². The van der Waals surface area contributed by atoms with E-state index in [1.54, 1.807) is 0 Å². The number of halogens is 3. The maximum absolute atomic E-state index is 11.9. The Morgan fingerprint density at radius 1 is 1.13 bits per heavy atom. The second-order valence-corrected chi connectivity index (χ2v) is 8.56. The molecule has 0 bridgehead atoms. The van der Waals surface area contributed by atoms with Crippen molar-refractivity contribution in [3.63, 3.8) is 0 Å². The van der Waals surface area contributed by atoms with E-state index >= 15 is 0 Å². The largest absolute Gasteiger partial charge is 0.522 e. The van der Waals surface area contributed by atoms with Crippen LogP contribution in [0.15, 0.2) is 0 Å². The van der Waals surface area contributed by atoms with Crippen LogP contribution in [0, 0.1) is 5.92 Å². The van der Waals surface area contributed by atoms with Gasteiger partial charge in [0.1, 0.15) is 5.78 Å². The molecule has 0 heterocycles. The number of ketones is 1. The maximum atomic E-state index is 11.9. The average Bonchev–Trinajstić information content (AvgIpc) is 2.42. The van der Waals surface area contributed by atoms with Gasteiger partial charge in [-0.1, -0.05) is 38.5 Å². The minimum Gasteiger partial charge on any atom is -0.298 e. The van der Waals surface area contributed by atoms with Crippen molar-refractivity contribution in [3.05, 3.63) is 0 Å². The first-order valence-corrected chi connectivity index (χ1v) is 9.64. The second-order valence-electron chi connectivity index (χ2n) is 6.29. The third-order valence-corrected chi connectivity index (χ3v) is 5.65. The van der Waals surface area contributed by atoms with Crippen LogP contribution in [0.4, 0.5) is 13.2 Å². The van der Waals surface area contributed by atoms with E-state index in [1.165, 1.54) is 38.5 Å². The zero-order valence-corrected chi connectivity index (χ0v) is 14.5. The van der Waals surface area contributed by atoms with Crippen LogP contribution in [0.1, 0.15) is 64.2 Å². The lowest BCUT2D eigenvalue weighted by molar-refractivity contribution is -0.123. The molecule has 4 nitrogen and oxygen atoms in total. The fraction of sp³-hybridized carbons (Fsp3) is 0.929. The van der Waals surface area contributed by atoms with E-state index in [0.29, 0.717) is 5.78 Å². The van der Waals surface area contributed by atoms with Gasteiger partial charge < -0.3 is 0 Å². The molecular formula is C14H23F3O4S2. The summed E-state index contributed by atoms with van der Waals surface area (Å²) in [6, 6.07) is 0. The maximum Gasteiger partial charge on any atom is 0.522 e. The van der Waals surface area contributed by atoms with E-state index < -0.39 is 15.6 Å². The van der Waals surface area contributed by atoms with Gasteiger partial charge in [0.2, 0.25) is 0 Å². The van der Waals surface area contributed by atoms with Crippen molar-refractivity contribution >= 4 is 28.5 Å². The molecule has 0 aliphatic heterocycles. The molecule has 0 saturated heterocycles. The highest BCUT2D eigenvalue weighted by atomic mass is 32.2. The first-order valence-electron chi connectivity index (χ1n) is 7.75. The van der Waals surface area contributed by atoms with Crippen molar-refractivity contribution in [3.8, 4) is 0 Å². The van der Waals surface area contributed by atoms with E-state index in [1.807, 2.05) is 0 Å². The number of rotatable bonds is 2. The summed E-state index contributed by atoms with van der Waals surface area (Å²) in [7, 11) is -5.84. The number of Topliss-reactive ketones (excluding diaryl/α,β-unsaturated/α-hetero) is 1. The Kier molecular flexibility index (Phi) is 7.40. The van der Waals surface area contributed by atoms with Crippen molar-refractivity contribution in [2.75, 3.05) is 0 Å². The number of alkyl halides is 3. The smallest absolute Gasteiger partial charge is 0.298 e. The lowest BCUT2D eigenvalue weighted by Crippen LogP contribution is -2.38. The number of hydrogen-bond donors (Lipinski definition) is 2. The molecule has 2 fully saturated rings. The molecule has 1 N–H and O–H groups in total. The van der Waals surface area contributed by atoms with Gasteiger partial charge in [-0.3, -0.25) is 9.35 Å². The van der Waals surface area contributed by atoms with Gasteiger partial charge in [0, 0.05) is 6.42 Å². The minimum atomic E-state index is -5.84. The molecule has 0 amide bonds. The van der Waals surface area contributed by atoms with Gasteiger partial charge in [0.15, 0.2) is 0 Å². The molecule has 0 aromatic rings. The van der Waals surface area contributed by atoms with E-state index in [-0.39, 0.29) is 4.75 Å². The first kappa shape index (κ1) is 20.8. The van der Waals surface area contributed by atoms with Crippen LogP contribution in [0.5, 0.6) is 0 Å². The standard InChI is InChI=1S/C13H22OS.CHF3O3S/c14-12-8-4-5-9-13(12,15)10-11-6-2-1-3-7-11;2-1(3,4)8(5,6)7/h11,15H,1-10H2;(H,5,6,7). The molecule has 2 aliphatic rings. The summed E-state index contributed by atoms with van der Waals surface area (Å²) in [6.45, 7) is 0. The summed E-state index contributed by atoms with van der Waals surface area (Å²) >= 11 is 4.71. The Labute approximate surface area is 140 Å². The van der Waals surface area contributed by atoms with Crippen LogP contribution in [0.3, 0.4) is 0 Å². The molecule has 9 heteroatoms. The Balaban J connectivity index is 0.000000284. The second kappa shape index (κ2) is 8.20. The van der Waals surface area contributed by atoms with Crippen LogP contribution in [0.25, 0.3) is 0 Å². The zero-order chi connectivity index (χ0) is 17.7. The topological polar surface area (TPSA) is 71.4 Å². The molecule has 0 spiro atoms. The molecule has 0 aromatic heterocycles. The molecule has 2 saturated carbocycles. The third-order valence-electron chi connectivity index (χ3n) is 4.41. The molecule has 2 rings (SSSR count). The molecule has 2 aliphatic carbocycles. The Bertz CT molecular complexity index is 499. The van der Waals surface area contributed by atoms with Crippen molar-refractivity contribution in [1.29, 1.82) is 0 Å². The van der Waals surface area contributed by atoms with Crippen molar-refractivity contribution in [2.45, 2.75) is 74.5 Å². The van der Waals surface area contributed by atoms with E-state index in [2.05, 4.69) is 0 Å². The number of carbonyl (C=O) groups is 1. The third kappa shape index (κ3) is 6.62. The fourth-order valence-corrected chi connectivity index (χ4v) is 3.69. The summed E-state index contributed by atoms with van der Waals surface area (Å²) in [5, 5.41) is 0. The van der Waals surface area contributed by atoms with E-state index in [0.717, 1.165) is 31.6 Å². The minimum absolute atomic E-state index is 0.250. The molecule has 23 heavy (non-hydrogen) atoms. The fourth-order valence-electron chi connectivity index (χ4n) is 3.16. The number of carbonyl (C=O) groups excluding carboxylic acids is 1. The lowest BCUT2D eigenvalue weighted by atomic mass is 9.76. The molecule has 136 valence electrons. The highest BCUT2D eigenvalue weighted by Crippen LogP contribution is 2.40. The van der Waals surface area contributed by atoms with Gasteiger partial charge in [0.25, 0.3) is 0 Å². The zero-order valence-electron chi connectivity index (χ0n) is 12.8. The van der Waals surface area contributed by atoms with Gasteiger partial charge in [-0.25, -0.2) is 0 Å². The van der Waals surface area contributed by atoms with E-state index in [4.69, 9.17) is 25.6 Å². The SMILES string of the molecule is O=C1CCCCC1(S)CC1CCCCC1.O=S(=O)(O)C(F)(F)F. The van der Waals surface area contributed by atoms with Crippen LogP contribution >= 0.6 is 12.6 Å². The van der Waals surface area contributed by atoms with Gasteiger partial charge >= 0.3 is 15.6 Å².